The van der Waals surface area contributed by atoms with Crippen molar-refractivity contribution in [2.45, 2.75) is 44.7 Å². The summed E-state index contributed by atoms with van der Waals surface area (Å²) >= 11 is 3.56. The van der Waals surface area contributed by atoms with Crippen molar-refractivity contribution >= 4 is 32.6 Å². The van der Waals surface area contributed by atoms with Crippen molar-refractivity contribution in [3.8, 4) is 22.8 Å². The molecule has 5 aromatic rings. The molecule has 0 aliphatic heterocycles. The fourth-order valence-electron chi connectivity index (χ4n) is 5.60. The molecule has 6 nitrogen and oxygen atoms in total. The second-order valence-corrected chi connectivity index (χ2v) is 11.0. The van der Waals surface area contributed by atoms with Crippen LogP contribution < -0.4 is 0 Å². The molecule has 1 aliphatic rings. The van der Waals surface area contributed by atoms with Gasteiger partial charge in [-0.1, -0.05) is 83.4 Å². The van der Waals surface area contributed by atoms with Crippen LogP contribution in [0.3, 0.4) is 0 Å². The molecule has 2 aromatic heterocycles. The number of pyridine rings is 1. The van der Waals surface area contributed by atoms with Crippen LogP contribution in [-0.2, 0) is 17.8 Å². The minimum Gasteiger partial charge on any atom is -0.338 e. The molecule has 196 valence electrons. The number of aromatic nitrogens is 4. The number of amides is 1. The maximum Gasteiger partial charge on any atom is 0.227 e. The summed E-state index contributed by atoms with van der Waals surface area (Å²) in [6.45, 7) is 1.16. The van der Waals surface area contributed by atoms with Gasteiger partial charge in [0.1, 0.15) is 0 Å². The summed E-state index contributed by atoms with van der Waals surface area (Å²) in [4.78, 5) is 25.0. The molecule has 7 heteroatoms. The van der Waals surface area contributed by atoms with Crippen LogP contribution in [0.1, 0.15) is 31.2 Å². The van der Waals surface area contributed by atoms with Gasteiger partial charge in [-0.05, 0) is 53.4 Å². The highest BCUT2D eigenvalue weighted by Gasteiger charge is 2.27. The quantitative estimate of drug-likeness (QED) is 0.200. The molecule has 1 amide bonds. The number of nitrogens with zero attached hydrogens (tertiary/aromatic N) is 5. The van der Waals surface area contributed by atoms with Crippen LogP contribution in [0, 0.1) is 0 Å². The molecule has 1 fully saturated rings. The monoisotopic (exact) mass is 579 g/mol. The second-order valence-electron chi connectivity index (χ2n) is 10.1. The van der Waals surface area contributed by atoms with E-state index in [1.54, 1.807) is 12.4 Å². The number of carbonyl (C=O) groups is 1. The molecule has 39 heavy (non-hydrogen) atoms. The lowest BCUT2D eigenvalue weighted by atomic mass is 10.0. The van der Waals surface area contributed by atoms with Gasteiger partial charge in [-0.15, -0.1) is 0 Å². The van der Waals surface area contributed by atoms with E-state index in [0.717, 1.165) is 45.2 Å². The number of benzene rings is 3. The van der Waals surface area contributed by atoms with Gasteiger partial charge in [0.05, 0.1) is 13.0 Å². The Hall–Kier alpha value is -3.84. The van der Waals surface area contributed by atoms with E-state index in [1.807, 2.05) is 59.3 Å². The molecule has 1 saturated carbocycles. The molecular formula is C32H30BrN5O. The highest BCUT2D eigenvalue weighted by molar-refractivity contribution is 9.10. The first kappa shape index (κ1) is 25.4. The average Bonchev–Trinajstić information content (AvgIpc) is 3.65. The van der Waals surface area contributed by atoms with Crippen molar-refractivity contribution in [1.29, 1.82) is 0 Å². The number of fused-ring (bicyclic) bond motifs is 1. The van der Waals surface area contributed by atoms with E-state index in [9.17, 15) is 4.79 Å². The molecule has 2 heterocycles. The zero-order valence-electron chi connectivity index (χ0n) is 21.7. The summed E-state index contributed by atoms with van der Waals surface area (Å²) in [5.74, 6) is 1.62. The summed E-state index contributed by atoms with van der Waals surface area (Å²) in [5.41, 5.74) is 2.97. The first-order valence-corrected chi connectivity index (χ1v) is 14.3. The number of carbonyl (C=O) groups excluding carboxylic acids is 1. The topological polar surface area (TPSA) is 63.9 Å². The van der Waals surface area contributed by atoms with Crippen molar-refractivity contribution in [3.05, 3.63) is 101 Å². The average molecular weight is 581 g/mol. The van der Waals surface area contributed by atoms with Crippen LogP contribution in [0.25, 0.3) is 33.5 Å². The first-order chi connectivity index (χ1) is 19.2. The van der Waals surface area contributed by atoms with Gasteiger partial charge in [0, 0.05) is 40.6 Å². The van der Waals surface area contributed by atoms with Crippen LogP contribution in [0.5, 0.6) is 0 Å². The van der Waals surface area contributed by atoms with Gasteiger partial charge in [0.2, 0.25) is 5.91 Å². The zero-order chi connectivity index (χ0) is 26.6. The molecule has 0 atom stereocenters. The summed E-state index contributed by atoms with van der Waals surface area (Å²) in [5, 5.41) is 7.22. The lowest BCUT2D eigenvalue weighted by molar-refractivity contribution is -0.132. The third-order valence-corrected chi connectivity index (χ3v) is 8.05. The van der Waals surface area contributed by atoms with Crippen LogP contribution in [-0.4, -0.2) is 43.1 Å². The lowest BCUT2D eigenvalue weighted by Gasteiger charge is -2.29. The summed E-state index contributed by atoms with van der Waals surface area (Å²) in [6, 6.07) is 26.7. The molecular weight excluding hydrogens is 550 g/mol. The van der Waals surface area contributed by atoms with Crippen molar-refractivity contribution in [2.24, 2.45) is 0 Å². The van der Waals surface area contributed by atoms with Crippen molar-refractivity contribution in [2.75, 3.05) is 6.54 Å². The molecule has 0 saturated heterocycles. The Balaban J connectivity index is 1.29. The van der Waals surface area contributed by atoms with Gasteiger partial charge < -0.3 is 4.90 Å². The van der Waals surface area contributed by atoms with Crippen LogP contribution in [0.2, 0.25) is 0 Å². The van der Waals surface area contributed by atoms with E-state index in [4.69, 9.17) is 10.1 Å². The van der Waals surface area contributed by atoms with Gasteiger partial charge in [-0.25, -0.2) is 9.67 Å². The maximum absolute atomic E-state index is 13.9. The predicted octanol–water partition coefficient (Wildman–Crippen LogP) is 6.94. The van der Waals surface area contributed by atoms with Crippen molar-refractivity contribution in [3.63, 3.8) is 0 Å². The van der Waals surface area contributed by atoms with Crippen molar-refractivity contribution in [1.82, 2.24) is 24.6 Å². The number of hydrogen-bond acceptors (Lipinski definition) is 4. The van der Waals surface area contributed by atoms with E-state index >= 15 is 0 Å². The van der Waals surface area contributed by atoms with E-state index in [-0.39, 0.29) is 11.9 Å². The Bertz CT molecular complexity index is 1590. The van der Waals surface area contributed by atoms with Crippen LogP contribution in [0.4, 0.5) is 0 Å². The van der Waals surface area contributed by atoms with E-state index in [1.165, 1.54) is 18.2 Å². The fourth-order valence-corrected chi connectivity index (χ4v) is 6.00. The Labute approximate surface area is 236 Å². The van der Waals surface area contributed by atoms with E-state index < -0.39 is 0 Å². The molecule has 0 spiro atoms. The predicted molar refractivity (Wildman–Crippen MR) is 158 cm³/mol. The third-order valence-electron chi connectivity index (χ3n) is 7.55. The Morgan fingerprint density at radius 3 is 2.51 bits per heavy atom. The minimum absolute atomic E-state index is 0.177. The fraction of sp³-hybridized carbons (Fsp3) is 0.250. The summed E-state index contributed by atoms with van der Waals surface area (Å²) in [6.07, 6.45) is 8.38. The SMILES string of the molecule is O=C(Cc1cccc2ccccc12)N(CCn1nc(-c2cccc(Br)c2)nc1-c1ccncc1)C1CCCC1. The normalized spacial score (nSPS) is 13.7. The Kier molecular flexibility index (Phi) is 7.50. The van der Waals surface area contributed by atoms with Crippen LogP contribution >= 0.6 is 15.9 Å². The van der Waals surface area contributed by atoms with E-state index in [2.05, 4.69) is 50.1 Å². The van der Waals surface area contributed by atoms with Gasteiger partial charge in [-0.3, -0.25) is 9.78 Å². The Morgan fingerprint density at radius 1 is 0.923 bits per heavy atom. The summed E-state index contributed by atoms with van der Waals surface area (Å²) in [7, 11) is 0. The highest BCUT2D eigenvalue weighted by Crippen LogP contribution is 2.27. The summed E-state index contributed by atoms with van der Waals surface area (Å²) < 4.78 is 2.92. The smallest absolute Gasteiger partial charge is 0.227 e. The molecule has 0 unspecified atom stereocenters. The largest absolute Gasteiger partial charge is 0.338 e. The van der Waals surface area contributed by atoms with Gasteiger partial charge in [-0.2, -0.15) is 5.10 Å². The van der Waals surface area contributed by atoms with Gasteiger partial charge in [0.15, 0.2) is 11.6 Å². The van der Waals surface area contributed by atoms with Gasteiger partial charge >= 0.3 is 0 Å². The van der Waals surface area contributed by atoms with Gasteiger partial charge in [0.25, 0.3) is 0 Å². The Morgan fingerprint density at radius 2 is 1.69 bits per heavy atom. The third kappa shape index (κ3) is 5.64. The highest BCUT2D eigenvalue weighted by atomic mass is 79.9. The standard InChI is InChI=1S/C32H30BrN5O/c33-27-11-6-10-26(21-27)31-35-32(24-15-17-34-18-16-24)38(36-31)20-19-37(28-12-2-3-13-28)30(39)22-25-9-5-8-23-7-1-4-14-29(23)25/h1,4-11,14-18,21,28H,2-3,12-13,19-20,22H2. The second kappa shape index (κ2) is 11.5. The number of halogens is 1. The maximum atomic E-state index is 13.9. The lowest BCUT2D eigenvalue weighted by Crippen LogP contribution is -2.42. The molecule has 1 aliphatic carbocycles. The zero-order valence-corrected chi connectivity index (χ0v) is 23.3. The van der Waals surface area contributed by atoms with Crippen molar-refractivity contribution < 1.29 is 4.79 Å². The molecule has 0 radical (unpaired) electrons. The van der Waals surface area contributed by atoms with E-state index in [0.29, 0.717) is 25.3 Å². The number of hydrogen-bond donors (Lipinski definition) is 0. The molecule has 3 aromatic carbocycles. The molecule has 0 N–H and O–H groups in total. The first-order valence-electron chi connectivity index (χ1n) is 13.5. The molecule has 6 rings (SSSR count). The molecule has 0 bridgehead atoms. The number of rotatable bonds is 8. The van der Waals surface area contributed by atoms with Crippen LogP contribution in [0.15, 0.2) is 95.7 Å². The minimum atomic E-state index is 0.177.